The number of aromatic nitrogens is 4. The molecule has 130 valence electrons. The highest BCUT2D eigenvalue weighted by Crippen LogP contribution is 2.26. The summed E-state index contributed by atoms with van der Waals surface area (Å²) in [6, 6.07) is -0.543. The lowest BCUT2D eigenvalue weighted by molar-refractivity contribution is -0.139. The fourth-order valence-electron chi connectivity index (χ4n) is 1.86. The zero-order chi connectivity index (χ0) is 17.5. The summed E-state index contributed by atoms with van der Waals surface area (Å²) in [6.45, 7) is 2.10. The van der Waals surface area contributed by atoms with Crippen molar-refractivity contribution < 1.29 is 14.3 Å². The molecule has 0 aromatic carbocycles. The minimum Gasteiger partial charge on any atom is -0.465 e. The van der Waals surface area contributed by atoms with Crippen LogP contribution in [-0.4, -0.2) is 51.3 Å². The van der Waals surface area contributed by atoms with Crippen molar-refractivity contribution in [2.45, 2.75) is 17.3 Å². The van der Waals surface area contributed by atoms with Crippen LogP contribution < -0.4 is 10.6 Å². The van der Waals surface area contributed by atoms with Crippen molar-refractivity contribution in [1.29, 1.82) is 0 Å². The Morgan fingerprint density at radius 2 is 2.25 bits per heavy atom. The Labute approximate surface area is 147 Å². The highest BCUT2D eigenvalue weighted by molar-refractivity contribution is 8.01. The van der Waals surface area contributed by atoms with Gasteiger partial charge in [-0.2, -0.15) is 5.10 Å². The van der Waals surface area contributed by atoms with Crippen LogP contribution in [0.3, 0.4) is 0 Å². The number of hydrogen-bond donors (Lipinski definition) is 2. The minimum atomic E-state index is -0.543. The Balaban J connectivity index is 1.93. The summed E-state index contributed by atoms with van der Waals surface area (Å²) in [6.07, 6.45) is 3.39. The number of nitrogens with zero attached hydrogens (tertiary/aromatic N) is 4. The van der Waals surface area contributed by atoms with Crippen LogP contribution in [-0.2, 0) is 21.4 Å². The van der Waals surface area contributed by atoms with Gasteiger partial charge in [0.2, 0.25) is 11.0 Å². The Morgan fingerprint density at radius 3 is 2.88 bits per heavy atom. The molecule has 2 rings (SSSR count). The van der Waals surface area contributed by atoms with Crippen molar-refractivity contribution in [2.75, 3.05) is 24.7 Å². The molecule has 0 aliphatic carbocycles. The van der Waals surface area contributed by atoms with Gasteiger partial charge in [0.05, 0.1) is 18.6 Å². The Kier molecular flexibility index (Phi) is 6.70. The maximum Gasteiger partial charge on any atom is 0.316 e. The molecule has 0 saturated heterocycles. The van der Waals surface area contributed by atoms with Crippen molar-refractivity contribution in [3.8, 4) is 0 Å². The van der Waals surface area contributed by atoms with Gasteiger partial charge in [-0.15, -0.1) is 10.2 Å². The van der Waals surface area contributed by atoms with E-state index in [-0.39, 0.29) is 17.6 Å². The van der Waals surface area contributed by atoms with Crippen molar-refractivity contribution in [3.05, 3.63) is 18.0 Å². The highest BCUT2D eigenvalue weighted by Gasteiger charge is 2.21. The van der Waals surface area contributed by atoms with E-state index in [2.05, 4.69) is 25.9 Å². The van der Waals surface area contributed by atoms with Gasteiger partial charge in [-0.05, 0) is 14.0 Å². The van der Waals surface area contributed by atoms with Gasteiger partial charge in [-0.25, -0.2) is 0 Å². The predicted molar refractivity (Wildman–Crippen MR) is 90.9 cm³/mol. The minimum absolute atomic E-state index is 0.158. The highest BCUT2D eigenvalue weighted by atomic mass is 32.2. The fraction of sp³-hybridized carbons (Fsp3) is 0.462. The van der Waals surface area contributed by atoms with Crippen molar-refractivity contribution in [2.24, 2.45) is 7.05 Å². The van der Waals surface area contributed by atoms with Crippen LogP contribution in [0.5, 0.6) is 0 Å². The monoisotopic (exact) mass is 370 g/mol. The first-order valence-corrected chi connectivity index (χ1v) is 8.92. The molecule has 2 aromatic heterocycles. The molecule has 1 amide bonds. The number of likely N-dealkylation sites (N-methyl/N-ethyl adjacent to an activating group) is 1. The third kappa shape index (κ3) is 5.01. The summed E-state index contributed by atoms with van der Waals surface area (Å²) >= 11 is 2.42. The third-order valence-corrected chi connectivity index (χ3v) is 4.81. The van der Waals surface area contributed by atoms with Gasteiger partial charge in [0.25, 0.3) is 0 Å². The lowest BCUT2D eigenvalue weighted by atomic mass is 10.1. The standard InChI is InChI=1S/C13H18N6O3S2/c1-4-22-9(20)7-23-13-18-17-12(24-13)16-11(21)10(14-2)8-5-15-19(3)6-8/h5-6,10,14H,4,7H2,1-3H3,(H,16,17,21). The Morgan fingerprint density at radius 1 is 1.46 bits per heavy atom. The van der Waals surface area contributed by atoms with E-state index in [4.69, 9.17) is 4.74 Å². The van der Waals surface area contributed by atoms with Gasteiger partial charge in [-0.1, -0.05) is 23.1 Å². The van der Waals surface area contributed by atoms with Gasteiger partial charge in [0.15, 0.2) is 4.34 Å². The van der Waals surface area contributed by atoms with E-state index in [0.717, 1.165) is 5.56 Å². The number of esters is 1. The Hall–Kier alpha value is -1.98. The van der Waals surface area contributed by atoms with Gasteiger partial charge in [-0.3, -0.25) is 19.6 Å². The molecular weight excluding hydrogens is 352 g/mol. The van der Waals surface area contributed by atoms with Crippen LogP contribution >= 0.6 is 23.1 Å². The number of carbonyl (C=O) groups is 2. The summed E-state index contributed by atoms with van der Waals surface area (Å²) < 4.78 is 7.05. The predicted octanol–water partition coefficient (Wildman–Crippen LogP) is 0.826. The van der Waals surface area contributed by atoms with E-state index in [1.54, 1.807) is 38.1 Å². The lowest BCUT2D eigenvalue weighted by Gasteiger charge is -2.12. The zero-order valence-corrected chi connectivity index (χ0v) is 15.1. The molecule has 2 aromatic rings. The van der Waals surface area contributed by atoms with E-state index in [9.17, 15) is 9.59 Å². The molecule has 0 bridgehead atoms. The van der Waals surface area contributed by atoms with Crippen LogP contribution in [0.4, 0.5) is 5.13 Å². The lowest BCUT2D eigenvalue weighted by Crippen LogP contribution is -2.30. The summed E-state index contributed by atoms with van der Waals surface area (Å²) in [7, 11) is 3.48. The second-order valence-electron chi connectivity index (χ2n) is 4.63. The van der Waals surface area contributed by atoms with Crippen LogP contribution in [0.2, 0.25) is 0 Å². The number of thioether (sulfide) groups is 1. The SMILES string of the molecule is CCOC(=O)CSc1nnc(NC(=O)C(NC)c2cnn(C)c2)s1. The molecule has 0 aliphatic heterocycles. The summed E-state index contributed by atoms with van der Waals surface area (Å²) in [5, 5.41) is 17.9. The van der Waals surface area contributed by atoms with Crippen LogP contribution in [0, 0.1) is 0 Å². The molecule has 0 spiro atoms. The fourth-order valence-corrected chi connectivity index (χ4v) is 3.41. The number of carbonyl (C=O) groups excluding carboxylic acids is 2. The van der Waals surface area contributed by atoms with Crippen LogP contribution in [0.15, 0.2) is 16.7 Å². The molecule has 11 heteroatoms. The quantitative estimate of drug-likeness (QED) is 0.399. The number of amides is 1. The number of aryl methyl sites for hydroxylation is 1. The number of hydrogen-bond acceptors (Lipinski definition) is 9. The van der Waals surface area contributed by atoms with Gasteiger partial charge in [0, 0.05) is 18.8 Å². The Bertz CT molecular complexity index is 701. The van der Waals surface area contributed by atoms with Crippen LogP contribution in [0.25, 0.3) is 0 Å². The molecule has 0 radical (unpaired) electrons. The summed E-state index contributed by atoms with van der Waals surface area (Å²) in [5.41, 5.74) is 0.749. The second-order valence-corrected chi connectivity index (χ2v) is 6.83. The molecule has 1 unspecified atom stereocenters. The molecule has 2 N–H and O–H groups in total. The van der Waals surface area contributed by atoms with E-state index >= 15 is 0 Å². The first kappa shape index (κ1) is 18.4. The summed E-state index contributed by atoms with van der Waals surface area (Å²) in [5.74, 6) is -0.413. The molecular formula is C13H18N6O3S2. The van der Waals surface area contributed by atoms with Gasteiger partial charge in [0.1, 0.15) is 6.04 Å². The van der Waals surface area contributed by atoms with E-state index in [1.165, 1.54) is 23.1 Å². The number of rotatable bonds is 8. The number of anilines is 1. The van der Waals surface area contributed by atoms with Gasteiger partial charge >= 0.3 is 5.97 Å². The van der Waals surface area contributed by atoms with Crippen molar-refractivity contribution in [1.82, 2.24) is 25.3 Å². The van der Waals surface area contributed by atoms with E-state index in [0.29, 0.717) is 16.1 Å². The maximum atomic E-state index is 12.4. The second kappa shape index (κ2) is 8.76. The number of ether oxygens (including phenoxy) is 1. The topological polar surface area (TPSA) is 111 Å². The molecule has 0 saturated carbocycles. The van der Waals surface area contributed by atoms with Crippen molar-refractivity contribution in [3.63, 3.8) is 0 Å². The summed E-state index contributed by atoms with van der Waals surface area (Å²) in [4.78, 5) is 23.7. The van der Waals surface area contributed by atoms with Crippen LogP contribution in [0.1, 0.15) is 18.5 Å². The van der Waals surface area contributed by atoms with E-state index < -0.39 is 6.04 Å². The molecule has 9 nitrogen and oxygen atoms in total. The zero-order valence-electron chi connectivity index (χ0n) is 13.5. The smallest absolute Gasteiger partial charge is 0.316 e. The molecule has 2 heterocycles. The van der Waals surface area contributed by atoms with E-state index in [1.807, 2.05) is 0 Å². The maximum absolute atomic E-state index is 12.4. The molecule has 0 aliphatic rings. The largest absolute Gasteiger partial charge is 0.465 e. The molecule has 24 heavy (non-hydrogen) atoms. The molecule has 0 fully saturated rings. The molecule has 1 atom stereocenters. The van der Waals surface area contributed by atoms with Gasteiger partial charge < -0.3 is 10.1 Å². The normalized spacial score (nSPS) is 12.0. The third-order valence-electron chi connectivity index (χ3n) is 2.86. The first-order chi connectivity index (χ1) is 11.5. The first-order valence-electron chi connectivity index (χ1n) is 7.12. The average Bonchev–Trinajstić information content (AvgIpc) is 3.16. The van der Waals surface area contributed by atoms with Crippen molar-refractivity contribution >= 4 is 40.1 Å². The average molecular weight is 370 g/mol. The number of nitrogens with one attached hydrogen (secondary N) is 2.